The number of aromatic nitrogens is 2. The standard InChI is InChI=1S/C17H29N5O/c1-14-18-9-13-21(14)10-3-2-8-19-17(23)20-15-6-11-22(12-7-15)16-4-5-16/h9,13,15-16H,2-8,10-12H2,1H3,(H2,19,20,23). The molecule has 0 bridgehead atoms. The summed E-state index contributed by atoms with van der Waals surface area (Å²) in [5.74, 6) is 1.05. The van der Waals surface area contributed by atoms with Crippen LogP contribution in [0.4, 0.5) is 4.79 Å². The molecule has 6 nitrogen and oxygen atoms in total. The van der Waals surface area contributed by atoms with Gasteiger partial charge >= 0.3 is 6.03 Å². The predicted molar refractivity (Wildman–Crippen MR) is 90.3 cm³/mol. The molecule has 0 atom stereocenters. The first kappa shape index (κ1) is 16.3. The lowest BCUT2D eigenvalue weighted by molar-refractivity contribution is 0.186. The van der Waals surface area contributed by atoms with Crippen LogP contribution in [-0.4, -0.2) is 52.2 Å². The lowest BCUT2D eigenvalue weighted by Gasteiger charge is -2.32. The number of likely N-dealkylation sites (tertiary alicyclic amines) is 1. The van der Waals surface area contributed by atoms with Crippen LogP contribution in [0.2, 0.25) is 0 Å². The van der Waals surface area contributed by atoms with Crippen LogP contribution in [-0.2, 0) is 6.54 Å². The molecule has 128 valence electrons. The van der Waals surface area contributed by atoms with Crippen LogP contribution in [0.15, 0.2) is 12.4 Å². The van der Waals surface area contributed by atoms with Crippen LogP contribution in [0.1, 0.15) is 44.3 Å². The van der Waals surface area contributed by atoms with Gasteiger partial charge in [-0.25, -0.2) is 9.78 Å². The first-order valence-electron chi connectivity index (χ1n) is 8.98. The van der Waals surface area contributed by atoms with Gasteiger partial charge in [-0.3, -0.25) is 0 Å². The normalized spacial score (nSPS) is 19.7. The second-order valence-electron chi connectivity index (χ2n) is 6.82. The van der Waals surface area contributed by atoms with Crippen molar-refractivity contribution in [2.75, 3.05) is 19.6 Å². The highest BCUT2D eigenvalue weighted by atomic mass is 16.2. The van der Waals surface area contributed by atoms with Crippen LogP contribution in [0.3, 0.4) is 0 Å². The summed E-state index contributed by atoms with van der Waals surface area (Å²) < 4.78 is 2.15. The minimum Gasteiger partial charge on any atom is -0.338 e. The third kappa shape index (κ3) is 4.96. The topological polar surface area (TPSA) is 62.2 Å². The van der Waals surface area contributed by atoms with Gasteiger partial charge in [0, 0.05) is 50.7 Å². The Hall–Kier alpha value is -1.56. The molecule has 1 aliphatic heterocycles. The fraction of sp³-hybridized carbons (Fsp3) is 0.765. The number of carbonyl (C=O) groups is 1. The van der Waals surface area contributed by atoms with Crippen LogP contribution in [0.25, 0.3) is 0 Å². The zero-order valence-electron chi connectivity index (χ0n) is 14.1. The predicted octanol–water partition coefficient (Wildman–Crippen LogP) is 1.90. The highest BCUT2D eigenvalue weighted by Gasteiger charge is 2.31. The van der Waals surface area contributed by atoms with Crippen LogP contribution < -0.4 is 10.6 Å². The number of imidazole rings is 1. The van der Waals surface area contributed by atoms with Gasteiger partial charge in [0.15, 0.2) is 0 Å². The number of hydrogen-bond donors (Lipinski definition) is 2. The minimum atomic E-state index is -0.00585. The maximum atomic E-state index is 11.9. The molecule has 1 aliphatic carbocycles. The summed E-state index contributed by atoms with van der Waals surface area (Å²) in [6.45, 7) is 6.00. The van der Waals surface area contributed by atoms with E-state index in [2.05, 4.69) is 25.1 Å². The Morgan fingerprint density at radius 3 is 2.70 bits per heavy atom. The van der Waals surface area contributed by atoms with Gasteiger partial charge < -0.3 is 20.1 Å². The molecule has 0 aromatic carbocycles. The van der Waals surface area contributed by atoms with Crippen LogP contribution >= 0.6 is 0 Å². The van der Waals surface area contributed by atoms with Gasteiger partial charge in [0.05, 0.1) is 0 Å². The van der Waals surface area contributed by atoms with Gasteiger partial charge in [0.25, 0.3) is 0 Å². The van der Waals surface area contributed by atoms with Crippen molar-refractivity contribution in [2.45, 2.75) is 64.1 Å². The van der Waals surface area contributed by atoms with E-state index in [1.54, 1.807) is 0 Å². The van der Waals surface area contributed by atoms with Gasteiger partial charge in [-0.2, -0.15) is 0 Å². The van der Waals surface area contributed by atoms with E-state index in [0.717, 1.165) is 63.7 Å². The Morgan fingerprint density at radius 2 is 2.04 bits per heavy atom. The number of urea groups is 1. The van der Waals surface area contributed by atoms with Crippen molar-refractivity contribution in [3.8, 4) is 0 Å². The summed E-state index contributed by atoms with van der Waals surface area (Å²) in [7, 11) is 0. The smallest absolute Gasteiger partial charge is 0.315 e. The van der Waals surface area contributed by atoms with E-state index in [4.69, 9.17) is 0 Å². The molecule has 2 fully saturated rings. The highest BCUT2D eigenvalue weighted by Crippen LogP contribution is 2.29. The molecule has 1 saturated carbocycles. The fourth-order valence-corrected chi connectivity index (χ4v) is 3.33. The molecular formula is C17H29N5O. The third-order valence-corrected chi connectivity index (χ3v) is 4.96. The number of hydrogen-bond acceptors (Lipinski definition) is 3. The number of carbonyl (C=O) groups excluding carboxylic acids is 1. The number of nitrogens with one attached hydrogen (secondary N) is 2. The van der Waals surface area contributed by atoms with E-state index >= 15 is 0 Å². The number of piperidine rings is 1. The number of aryl methyl sites for hydroxylation is 2. The Balaban J connectivity index is 1.23. The molecule has 1 aromatic heterocycles. The summed E-state index contributed by atoms with van der Waals surface area (Å²) in [6.07, 6.45) is 10.8. The summed E-state index contributed by atoms with van der Waals surface area (Å²) in [5, 5.41) is 6.10. The fourth-order valence-electron chi connectivity index (χ4n) is 3.33. The lowest BCUT2D eigenvalue weighted by atomic mass is 10.1. The maximum Gasteiger partial charge on any atom is 0.315 e. The molecule has 2 heterocycles. The SMILES string of the molecule is Cc1nccn1CCCCNC(=O)NC1CCN(C2CC2)CC1. The van der Waals surface area contributed by atoms with E-state index in [1.165, 1.54) is 12.8 Å². The van der Waals surface area contributed by atoms with Gasteiger partial charge in [-0.15, -0.1) is 0 Å². The van der Waals surface area contributed by atoms with E-state index in [0.29, 0.717) is 6.04 Å². The van der Waals surface area contributed by atoms with Gasteiger partial charge in [-0.05, 0) is 45.4 Å². The molecule has 2 N–H and O–H groups in total. The molecule has 0 radical (unpaired) electrons. The Labute approximate surface area is 138 Å². The molecule has 23 heavy (non-hydrogen) atoms. The molecule has 2 amide bonds. The van der Waals surface area contributed by atoms with Crippen LogP contribution in [0, 0.1) is 6.92 Å². The number of nitrogens with zero attached hydrogens (tertiary/aromatic N) is 3. The second kappa shape index (κ2) is 7.81. The molecule has 2 aliphatic rings. The molecule has 3 rings (SSSR count). The molecule has 1 saturated heterocycles. The monoisotopic (exact) mass is 319 g/mol. The van der Waals surface area contributed by atoms with Crippen molar-refractivity contribution in [2.24, 2.45) is 0 Å². The molecule has 0 spiro atoms. The van der Waals surface area contributed by atoms with Crippen molar-refractivity contribution in [1.82, 2.24) is 25.1 Å². The largest absolute Gasteiger partial charge is 0.338 e. The number of rotatable bonds is 7. The van der Waals surface area contributed by atoms with Crippen molar-refractivity contribution in [1.29, 1.82) is 0 Å². The number of unbranched alkanes of at least 4 members (excludes halogenated alkanes) is 1. The lowest BCUT2D eigenvalue weighted by Crippen LogP contribution is -2.48. The van der Waals surface area contributed by atoms with Gasteiger partial charge in [0.2, 0.25) is 0 Å². The number of amides is 2. The Bertz CT molecular complexity index is 503. The zero-order valence-corrected chi connectivity index (χ0v) is 14.1. The third-order valence-electron chi connectivity index (χ3n) is 4.96. The zero-order chi connectivity index (χ0) is 16.1. The maximum absolute atomic E-state index is 11.9. The average molecular weight is 319 g/mol. The van der Waals surface area contributed by atoms with E-state index < -0.39 is 0 Å². The van der Waals surface area contributed by atoms with E-state index in [9.17, 15) is 4.79 Å². The summed E-state index contributed by atoms with van der Waals surface area (Å²) in [5.41, 5.74) is 0. The van der Waals surface area contributed by atoms with E-state index in [-0.39, 0.29) is 6.03 Å². The summed E-state index contributed by atoms with van der Waals surface area (Å²) in [4.78, 5) is 18.7. The first-order valence-corrected chi connectivity index (χ1v) is 8.98. The Kier molecular flexibility index (Phi) is 5.54. The molecule has 0 unspecified atom stereocenters. The Morgan fingerprint density at radius 1 is 1.26 bits per heavy atom. The van der Waals surface area contributed by atoms with E-state index in [1.807, 2.05) is 19.3 Å². The second-order valence-corrected chi connectivity index (χ2v) is 6.82. The molecule has 1 aromatic rings. The van der Waals surface area contributed by atoms with Gasteiger partial charge in [0.1, 0.15) is 5.82 Å². The van der Waals surface area contributed by atoms with Gasteiger partial charge in [-0.1, -0.05) is 0 Å². The van der Waals surface area contributed by atoms with Crippen molar-refractivity contribution < 1.29 is 4.79 Å². The van der Waals surface area contributed by atoms with Crippen LogP contribution in [0.5, 0.6) is 0 Å². The highest BCUT2D eigenvalue weighted by molar-refractivity contribution is 5.74. The quantitative estimate of drug-likeness (QED) is 0.755. The minimum absolute atomic E-state index is 0.00585. The summed E-state index contributed by atoms with van der Waals surface area (Å²) in [6, 6.07) is 1.19. The van der Waals surface area contributed by atoms with Crippen molar-refractivity contribution in [3.63, 3.8) is 0 Å². The van der Waals surface area contributed by atoms with Crippen molar-refractivity contribution >= 4 is 6.03 Å². The molecular weight excluding hydrogens is 290 g/mol. The first-order chi connectivity index (χ1) is 11.2. The van der Waals surface area contributed by atoms with Crippen molar-refractivity contribution in [3.05, 3.63) is 18.2 Å². The average Bonchev–Trinajstić information content (AvgIpc) is 3.31. The summed E-state index contributed by atoms with van der Waals surface area (Å²) >= 11 is 0. The molecule has 6 heteroatoms.